The number of carbonyl (C=O) groups is 1. The molecule has 5 heteroatoms. The van der Waals surface area contributed by atoms with E-state index in [1.807, 2.05) is 25.1 Å². The largest absolute Gasteiger partial charge is 0.491 e. The van der Waals surface area contributed by atoms with Gasteiger partial charge in [0.1, 0.15) is 12.4 Å². The Balaban J connectivity index is 1.96. The highest BCUT2D eigenvalue weighted by Gasteiger charge is 2.22. The van der Waals surface area contributed by atoms with E-state index in [0.29, 0.717) is 25.9 Å². The Hall–Kier alpha value is -1.33. The summed E-state index contributed by atoms with van der Waals surface area (Å²) < 4.78 is 11.9. The van der Waals surface area contributed by atoms with Gasteiger partial charge in [-0.2, -0.15) is 0 Å². The molecule has 0 saturated heterocycles. The first-order valence-electron chi connectivity index (χ1n) is 7.17. The second-order valence-electron chi connectivity index (χ2n) is 4.84. The Morgan fingerprint density at radius 3 is 2.95 bits per heavy atom. The molecule has 0 spiro atoms. The maximum absolute atomic E-state index is 11.7. The average Bonchev–Trinajstić information content (AvgIpc) is 3.27. The Morgan fingerprint density at radius 2 is 2.24 bits per heavy atom. The summed E-state index contributed by atoms with van der Waals surface area (Å²) in [5, 5.41) is 2.92. The minimum Gasteiger partial charge on any atom is -0.491 e. The molecular formula is C16H20BrNO3. The van der Waals surface area contributed by atoms with E-state index in [1.54, 1.807) is 12.2 Å². The normalized spacial score (nSPS) is 14.4. The van der Waals surface area contributed by atoms with Crippen molar-refractivity contribution in [3.63, 3.8) is 0 Å². The average molecular weight is 354 g/mol. The molecule has 1 amide bonds. The molecule has 2 rings (SSSR count). The molecule has 1 aliphatic carbocycles. The second kappa shape index (κ2) is 8.20. The van der Waals surface area contributed by atoms with Gasteiger partial charge in [-0.25, -0.2) is 0 Å². The molecule has 21 heavy (non-hydrogen) atoms. The molecule has 4 nitrogen and oxygen atoms in total. The van der Waals surface area contributed by atoms with Gasteiger partial charge in [-0.1, -0.05) is 15.9 Å². The smallest absolute Gasteiger partial charge is 0.244 e. The zero-order valence-electron chi connectivity index (χ0n) is 12.1. The second-order valence-corrected chi connectivity index (χ2v) is 5.76. The minimum atomic E-state index is -0.0576. The summed E-state index contributed by atoms with van der Waals surface area (Å²) >= 11 is 3.43. The number of benzene rings is 1. The summed E-state index contributed by atoms with van der Waals surface area (Å²) in [6.07, 6.45) is 5.50. The van der Waals surface area contributed by atoms with Crippen LogP contribution in [0.3, 0.4) is 0 Å². The van der Waals surface area contributed by atoms with E-state index in [9.17, 15) is 4.79 Å². The first kappa shape index (κ1) is 16.0. The van der Waals surface area contributed by atoms with Gasteiger partial charge in [0.15, 0.2) is 0 Å². The third-order valence-corrected chi connectivity index (χ3v) is 3.49. The SMILES string of the molecule is CCOCCOc1ccc(Br)cc1/C=C/C(=O)NC1CC1. The molecule has 1 N–H and O–H groups in total. The van der Waals surface area contributed by atoms with Crippen LogP contribution in [0, 0.1) is 0 Å². The quantitative estimate of drug-likeness (QED) is 0.576. The van der Waals surface area contributed by atoms with E-state index in [4.69, 9.17) is 9.47 Å². The van der Waals surface area contributed by atoms with Gasteiger partial charge in [0.2, 0.25) is 5.91 Å². The van der Waals surface area contributed by atoms with Crippen LogP contribution in [0.15, 0.2) is 28.7 Å². The zero-order valence-corrected chi connectivity index (χ0v) is 13.7. The van der Waals surface area contributed by atoms with Crippen molar-refractivity contribution >= 4 is 27.9 Å². The van der Waals surface area contributed by atoms with Crippen molar-refractivity contribution in [1.82, 2.24) is 5.32 Å². The molecule has 1 aromatic rings. The van der Waals surface area contributed by atoms with Crippen molar-refractivity contribution in [2.75, 3.05) is 19.8 Å². The van der Waals surface area contributed by atoms with Crippen LogP contribution in [0.2, 0.25) is 0 Å². The Morgan fingerprint density at radius 1 is 1.43 bits per heavy atom. The van der Waals surface area contributed by atoms with Gasteiger partial charge in [-0.3, -0.25) is 4.79 Å². The lowest BCUT2D eigenvalue weighted by atomic mass is 10.2. The Labute approximate surface area is 133 Å². The standard InChI is InChI=1S/C16H20BrNO3/c1-2-20-9-10-21-15-7-4-13(17)11-12(15)3-8-16(19)18-14-5-6-14/h3-4,7-8,11,14H,2,5-6,9-10H2,1H3,(H,18,19)/b8-3+. The molecule has 0 radical (unpaired) electrons. The predicted octanol–water partition coefficient (Wildman–Crippen LogP) is 3.16. The molecule has 0 heterocycles. The van der Waals surface area contributed by atoms with E-state index >= 15 is 0 Å². The summed E-state index contributed by atoms with van der Waals surface area (Å²) in [5.41, 5.74) is 0.867. The number of carbonyl (C=O) groups excluding carboxylic acids is 1. The Bertz CT molecular complexity index is 512. The molecule has 1 aliphatic rings. The van der Waals surface area contributed by atoms with E-state index < -0.39 is 0 Å². The number of halogens is 1. The maximum atomic E-state index is 11.7. The third kappa shape index (κ3) is 5.89. The van der Waals surface area contributed by atoms with Crippen LogP contribution >= 0.6 is 15.9 Å². The van der Waals surface area contributed by atoms with Gasteiger partial charge in [0.05, 0.1) is 6.61 Å². The van der Waals surface area contributed by atoms with Gasteiger partial charge in [-0.15, -0.1) is 0 Å². The van der Waals surface area contributed by atoms with Crippen LogP contribution in [0.4, 0.5) is 0 Å². The lowest BCUT2D eigenvalue weighted by molar-refractivity contribution is -0.116. The van der Waals surface area contributed by atoms with Crippen LogP contribution < -0.4 is 10.1 Å². The monoisotopic (exact) mass is 353 g/mol. The maximum Gasteiger partial charge on any atom is 0.244 e. The van der Waals surface area contributed by atoms with E-state index in [0.717, 1.165) is 28.6 Å². The molecular weight excluding hydrogens is 334 g/mol. The van der Waals surface area contributed by atoms with Crippen LogP contribution in [0.5, 0.6) is 5.75 Å². The number of nitrogens with one attached hydrogen (secondary N) is 1. The molecule has 0 aromatic heterocycles. The van der Waals surface area contributed by atoms with E-state index in [-0.39, 0.29) is 5.91 Å². The molecule has 1 fully saturated rings. The topological polar surface area (TPSA) is 47.6 Å². The summed E-state index contributed by atoms with van der Waals surface area (Å²) in [6, 6.07) is 6.09. The highest BCUT2D eigenvalue weighted by molar-refractivity contribution is 9.10. The minimum absolute atomic E-state index is 0.0576. The van der Waals surface area contributed by atoms with Crippen molar-refractivity contribution in [2.45, 2.75) is 25.8 Å². The van der Waals surface area contributed by atoms with Crippen molar-refractivity contribution in [3.8, 4) is 5.75 Å². The highest BCUT2D eigenvalue weighted by Crippen LogP contribution is 2.25. The predicted molar refractivity (Wildman–Crippen MR) is 86.3 cm³/mol. The number of ether oxygens (including phenoxy) is 2. The first-order valence-corrected chi connectivity index (χ1v) is 7.97. The number of rotatable bonds is 8. The lowest BCUT2D eigenvalue weighted by Crippen LogP contribution is -2.22. The molecule has 0 atom stereocenters. The Kier molecular flexibility index (Phi) is 6.26. The molecule has 1 saturated carbocycles. The van der Waals surface area contributed by atoms with E-state index in [1.165, 1.54) is 0 Å². The van der Waals surface area contributed by atoms with Gasteiger partial charge in [-0.05, 0) is 44.0 Å². The number of hydrogen-bond donors (Lipinski definition) is 1. The van der Waals surface area contributed by atoms with Crippen molar-refractivity contribution in [1.29, 1.82) is 0 Å². The molecule has 0 bridgehead atoms. The van der Waals surface area contributed by atoms with Crippen LogP contribution in [-0.2, 0) is 9.53 Å². The molecule has 0 aliphatic heterocycles. The fourth-order valence-corrected chi connectivity index (χ4v) is 2.16. The molecule has 114 valence electrons. The van der Waals surface area contributed by atoms with Gasteiger partial charge in [0.25, 0.3) is 0 Å². The number of hydrogen-bond acceptors (Lipinski definition) is 3. The van der Waals surface area contributed by atoms with E-state index in [2.05, 4.69) is 21.2 Å². The summed E-state index contributed by atoms with van der Waals surface area (Å²) in [4.78, 5) is 11.7. The van der Waals surface area contributed by atoms with Gasteiger partial charge in [0, 0.05) is 28.8 Å². The summed E-state index contributed by atoms with van der Waals surface area (Å²) in [7, 11) is 0. The van der Waals surface area contributed by atoms with Crippen LogP contribution in [-0.4, -0.2) is 31.8 Å². The molecule has 1 aromatic carbocycles. The lowest BCUT2D eigenvalue weighted by Gasteiger charge is -2.09. The van der Waals surface area contributed by atoms with Gasteiger partial charge >= 0.3 is 0 Å². The van der Waals surface area contributed by atoms with Crippen molar-refractivity contribution in [3.05, 3.63) is 34.3 Å². The van der Waals surface area contributed by atoms with Gasteiger partial charge < -0.3 is 14.8 Å². The fourth-order valence-electron chi connectivity index (χ4n) is 1.78. The third-order valence-electron chi connectivity index (χ3n) is 3.00. The zero-order chi connectivity index (χ0) is 15.1. The summed E-state index contributed by atoms with van der Waals surface area (Å²) in [6.45, 7) is 3.67. The number of amides is 1. The van der Waals surface area contributed by atoms with Crippen LogP contribution in [0.1, 0.15) is 25.3 Å². The van der Waals surface area contributed by atoms with Crippen molar-refractivity contribution < 1.29 is 14.3 Å². The molecule has 0 unspecified atom stereocenters. The van der Waals surface area contributed by atoms with Crippen molar-refractivity contribution in [2.24, 2.45) is 0 Å². The highest BCUT2D eigenvalue weighted by atomic mass is 79.9. The first-order chi connectivity index (χ1) is 10.2. The summed E-state index contributed by atoms with van der Waals surface area (Å²) in [5.74, 6) is 0.686. The fraction of sp³-hybridized carbons (Fsp3) is 0.438. The van der Waals surface area contributed by atoms with Crippen LogP contribution in [0.25, 0.3) is 6.08 Å².